The standard InChI is InChI=1S/C12H17N3O4S/c1-17-4-5-18-9-7-6-20-10(9)11(19-7)15-3-2-8(13)14-12(15)16/h2-3,7,9-11H,4-6H2,1H3,(H2,13,14,16)/t7-,9-,10+,11+/m1/s1. The van der Waals surface area contributed by atoms with Gasteiger partial charge in [0.15, 0.2) is 6.23 Å². The van der Waals surface area contributed by atoms with Crippen LogP contribution in [0.25, 0.3) is 0 Å². The molecule has 0 aliphatic carbocycles. The molecule has 3 heterocycles. The highest BCUT2D eigenvalue weighted by Gasteiger charge is 2.52. The van der Waals surface area contributed by atoms with Gasteiger partial charge in [0.2, 0.25) is 0 Å². The smallest absolute Gasteiger partial charge is 0.351 e. The second-order valence-corrected chi connectivity index (χ2v) is 5.94. The molecular weight excluding hydrogens is 282 g/mol. The van der Waals surface area contributed by atoms with Gasteiger partial charge in [0, 0.05) is 19.1 Å². The predicted molar refractivity (Wildman–Crippen MR) is 74.7 cm³/mol. The summed E-state index contributed by atoms with van der Waals surface area (Å²) in [4.78, 5) is 15.6. The fourth-order valence-corrected chi connectivity index (χ4v) is 4.02. The maximum absolute atomic E-state index is 11.9. The molecule has 2 N–H and O–H groups in total. The highest BCUT2D eigenvalue weighted by molar-refractivity contribution is 8.00. The van der Waals surface area contributed by atoms with E-state index in [0.717, 1.165) is 5.75 Å². The largest absolute Gasteiger partial charge is 0.383 e. The van der Waals surface area contributed by atoms with E-state index < -0.39 is 5.69 Å². The van der Waals surface area contributed by atoms with Crippen molar-refractivity contribution in [3.05, 3.63) is 22.7 Å². The van der Waals surface area contributed by atoms with Gasteiger partial charge in [-0.1, -0.05) is 0 Å². The second kappa shape index (κ2) is 5.72. The molecule has 0 amide bonds. The van der Waals surface area contributed by atoms with E-state index >= 15 is 0 Å². The topological polar surface area (TPSA) is 88.6 Å². The normalized spacial score (nSPS) is 31.9. The lowest BCUT2D eigenvalue weighted by atomic mass is 10.2. The SMILES string of the molecule is COCCO[C@H]1[C@@H]2SC[C@H]1O[C@@H]2n1ccc(N)nc1=O. The summed E-state index contributed by atoms with van der Waals surface area (Å²) in [6.45, 7) is 1.08. The van der Waals surface area contributed by atoms with Crippen molar-refractivity contribution in [3.8, 4) is 0 Å². The second-order valence-electron chi connectivity index (χ2n) is 4.73. The number of ether oxygens (including phenoxy) is 3. The molecule has 1 aromatic rings. The number of hydrogen-bond acceptors (Lipinski definition) is 7. The van der Waals surface area contributed by atoms with Gasteiger partial charge < -0.3 is 19.9 Å². The van der Waals surface area contributed by atoms with Gasteiger partial charge in [0.25, 0.3) is 0 Å². The molecule has 4 atom stereocenters. The molecule has 7 nitrogen and oxygen atoms in total. The maximum Gasteiger partial charge on any atom is 0.351 e. The van der Waals surface area contributed by atoms with Crippen LogP contribution in [0.5, 0.6) is 0 Å². The van der Waals surface area contributed by atoms with Crippen molar-refractivity contribution in [1.29, 1.82) is 0 Å². The van der Waals surface area contributed by atoms with Crippen molar-refractivity contribution in [2.24, 2.45) is 0 Å². The summed E-state index contributed by atoms with van der Waals surface area (Å²) in [6, 6.07) is 1.60. The Morgan fingerprint density at radius 2 is 2.45 bits per heavy atom. The number of nitrogen functional groups attached to an aromatic ring is 1. The summed E-state index contributed by atoms with van der Waals surface area (Å²) in [7, 11) is 1.64. The van der Waals surface area contributed by atoms with E-state index in [4.69, 9.17) is 19.9 Å². The highest BCUT2D eigenvalue weighted by Crippen LogP contribution is 2.46. The minimum Gasteiger partial charge on any atom is -0.383 e. The van der Waals surface area contributed by atoms with E-state index in [2.05, 4.69) is 4.98 Å². The number of nitrogens with two attached hydrogens (primary N) is 1. The van der Waals surface area contributed by atoms with E-state index in [1.165, 1.54) is 4.57 Å². The Balaban J connectivity index is 1.75. The molecule has 1 aromatic heterocycles. The summed E-state index contributed by atoms with van der Waals surface area (Å²) in [5, 5.41) is 0.0972. The van der Waals surface area contributed by atoms with Crippen LogP contribution in [0.15, 0.2) is 17.1 Å². The molecule has 110 valence electrons. The van der Waals surface area contributed by atoms with Crippen molar-refractivity contribution in [1.82, 2.24) is 9.55 Å². The Labute approximate surface area is 120 Å². The Morgan fingerprint density at radius 1 is 1.60 bits per heavy atom. The zero-order valence-corrected chi connectivity index (χ0v) is 11.9. The average molecular weight is 299 g/mol. The molecule has 8 heteroatoms. The minimum absolute atomic E-state index is 0.00963. The number of aromatic nitrogens is 2. The molecule has 2 saturated heterocycles. The summed E-state index contributed by atoms with van der Waals surface area (Å²) in [6.07, 6.45) is 1.29. The van der Waals surface area contributed by atoms with E-state index in [1.54, 1.807) is 31.1 Å². The van der Waals surface area contributed by atoms with Crippen LogP contribution < -0.4 is 11.4 Å². The van der Waals surface area contributed by atoms with E-state index in [1.807, 2.05) is 0 Å². The number of rotatable bonds is 5. The molecule has 0 spiro atoms. The molecule has 0 saturated carbocycles. The lowest BCUT2D eigenvalue weighted by Gasteiger charge is -2.23. The van der Waals surface area contributed by atoms with Gasteiger partial charge in [-0.2, -0.15) is 4.98 Å². The van der Waals surface area contributed by atoms with Gasteiger partial charge in [0.1, 0.15) is 11.9 Å². The van der Waals surface area contributed by atoms with Crippen molar-refractivity contribution in [2.45, 2.75) is 23.7 Å². The lowest BCUT2D eigenvalue weighted by Crippen LogP contribution is -2.33. The minimum atomic E-state index is -0.390. The molecule has 3 rings (SSSR count). The van der Waals surface area contributed by atoms with E-state index in [-0.39, 0.29) is 29.5 Å². The number of thioether (sulfide) groups is 1. The third-order valence-corrected chi connectivity index (χ3v) is 4.87. The first-order valence-electron chi connectivity index (χ1n) is 6.43. The Bertz CT molecular complexity index is 538. The molecule has 0 radical (unpaired) electrons. The van der Waals surface area contributed by atoms with Crippen molar-refractivity contribution < 1.29 is 14.2 Å². The van der Waals surface area contributed by atoms with Crippen LogP contribution in [0.2, 0.25) is 0 Å². The van der Waals surface area contributed by atoms with Gasteiger partial charge in [-0.3, -0.25) is 4.57 Å². The number of anilines is 1. The van der Waals surface area contributed by atoms with Crippen LogP contribution in [-0.4, -0.2) is 53.1 Å². The van der Waals surface area contributed by atoms with Gasteiger partial charge >= 0.3 is 5.69 Å². The highest BCUT2D eigenvalue weighted by atomic mass is 32.2. The number of hydrogen-bond donors (Lipinski definition) is 1. The molecule has 0 unspecified atom stereocenters. The van der Waals surface area contributed by atoms with Crippen LogP contribution in [-0.2, 0) is 14.2 Å². The lowest BCUT2D eigenvalue weighted by molar-refractivity contribution is -0.0356. The van der Waals surface area contributed by atoms with Gasteiger partial charge in [0.05, 0.1) is 24.6 Å². The predicted octanol–water partition coefficient (Wildman–Crippen LogP) is -0.130. The molecular formula is C12H17N3O4S. The molecule has 2 bridgehead atoms. The molecule has 2 aliphatic rings. The summed E-state index contributed by atoms with van der Waals surface area (Å²) >= 11 is 1.76. The molecule has 0 aromatic carbocycles. The van der Waals surface area contributed by atoms with Crippen molar-refractivity contribution in [3.63, 3.8) is 0 Å². The molecule has 20 heavy (non-hydrogen) atoms. The zero-order chi connectivity index (χ0) is 14.1. The van der Waals surface area contributed by atoms with Gasteiger partial charge in [-0.05, 0) is 6.07 Å². The Hall–Kier alpha value is -1.09. The quantitative estimate of drug-likeness (QED) is 0.758. The van der Waals surface area contributed by atoms with Crippen LogP contribution >= 0.6 is 11.8 Å². The summed E-state index contributed by atoms with van der Waals surface area (Å²) in [5.74, 6) is 1.10. The van der Waals surface area contributed by atoms with Crippen LogP contribution in [0, 0.1) is 0 Å². The van der Waals surface area contributed by atoms with Gasteiger partial charge in [-0.25, -0.2) is 4.79 Å². The Morgan fingerprint density at radius 3 is 3.20 bits per heavy atom. The van der Waals surface area contributed by atoms with Crippen LogP contribution in [0.1, 0.15) is 6.23 Å². The monoisotopic (exact) mass is 299 g/mol. The van der Waals surface area contributed by atoms with Crippen LogP contribution in [0.4, 0.5) is 5.82 Å². The molecule has 2 fully saturated rings. The van der Waals surface area contributed by atoms with Crippen LogP contribution in [0.3, 0.4) is 0 Å². The third kappa shape index (κ3) is 2.44. The summed E-state index contributed by atoms with van der Waals surface area (Å²) < 4.78 is 18.2. The van der Waals surface area contributed by atoms with Gasteiger partial charge in [-0.15, -0.1) is 11.8 Å². The maximum atomic E-state index is 11.9. The van der Waals surface area contributed by atoms with E-state index in [9.17, 15) is 4.79 Å². The number of nitrogens with zero attached hydrogens (tertiary/aromatic N) is 2. The fraction of sp³-hybridized carbons (Fsp3) is 0.667. The fourth-order valence-electron chi connectivity index (χ4n) is 2.54. The first-order chi connectivity index (χ1) is 9.70. The first kappa shape index (κ1) is 13.9. The Kier molecular flexibility index (Phi) is 3.97. The summed E-state index contributed by atoms with van der Waals surface area (Å²) in [5.41, 5.74) is 5.11. The molecule has 2 aliphatic heterocycles. The average Bonchev–Trinajstić information content (AvgIpc) is 2.96. The zero-order valence-electron chi connectivity index (χ0n) is 11.1. The van der Waals surface area contributed by atoms with Crippen molar-refractivity contribution >= 4 is 17.6 Å². The third-order valence-electron chi connectivity index (χ3n) is 3.46. The number of fused-ring (bicyclic) bond motifs is 2. The first-order valence-corrected chi connectivity index (χ1v) is 7.48. The van der Waals surface area contributed by atoms with Crippen molar-refractivity contribution in [2.75, 3.05) is 31.8 Å². The number of methoxy groups -OCH3 is 1. The van der Waals surface area contributed by atoms with E-state index in [0.29, 0.717) is 13.2 Å².